The predicted molar refractivity (Wildman–Crippen MR) is 269 cm³/mol. The summed E-state index contributed by atoms with van der Waals surface area (Å²) >= 11 is 0. The van der Waals surface area contributed by atoms with Crippen LogP contribution < -0.4 is 53.2 Å². The van der Waals surface area contributed by atoms with Crippen LogP contribution in [0.25, 0.3) is 0 Å². The van der Waals surface area contributed by atoms with Crippen LogP contribution in [0.3, 0.4) is 0 Å². The first-order chi connectivity index (χ1) is 32.5. The summed E-state index contributed by atoms with van der Waals surface area (Å²) < 4.78 is 0. The molecule has 0 saturated carbocycles. The van der Waals surface area contributed by atoms with Gasteiger partial charge in [0.25, 0.3) is 0 Å². The minimum Gasteiger partial charge on any atom is -0.350 e. The molecular weight excluding hydrogens is 825 g/mol. The number of piperazine rings is 1. The molecule has 16 nitrogen and oxygen atoms in total. The van der Waals surface area contributed by atoms with Gasteiger partial charge in [0.2, 0.25) is 35.7 Å². The van der Waals surface area contributed by atoms with Gasteiger partial charge in [0.15, 0.2) is 0 Å². The topological polar surface area (TPSA) is 218 Å². The van der Waals surface area contributed by atoms with E-state index < -0.39 is 0 Å². The van der Waals surface area contributed by atoms with Gasteiger partial charge in [-0.1, -0.05) is 121 Å². The van der Waals surface area contributed by atoms with E-state index in [2.05, 4.69) is 115 Å². The van der Waals surface area contributed by atoms with Gasteiger partial charge in [-0.05, 0) is 87.0 Å². The summed E-state index contributed by atoms with van der Waals surface area (Å²) in [6.45, 7) is 7.30. The van der Waals surface area contributed by atoms with Crippen molar-refractivity contribution >= 4 is 35.7 Å². The number of hydrogen-bond acceptors (Lipinski definition) is 16. The molecular formula is C50H68N16. The molecule has 0 amide bonds. The third kappa shape index (κ3) is 13.8. The smallest absolute Gasteiger partial charge is 0.232 e. The molecule has 3 heterocycles. The van der Waals surface area contributed by atoms with Gasteiger partial charge in [0, 0.05) is 52.4 Å². The number of nitrogens with one attached hydrogen (secondary N) is 2. The summed E-state index contributed by atoms with van der Waals surface area (Å²) in [4.78, 5) is 40.3. The summed E-state index contributed by atoms with van der Waals surface area (Å²) in [5.41, 5.74) is 28.9. The van der Waals surface area contributed by atoms with E-state index in [0.717, 1.165) is 49.7 Å². The zero-order valence-electron chi connectivity index (χ0n) is 38.2. The van der Waals surface area contributed by atoms with Crippen LogP contribution in [0.2, 0.25) is 0 Å². The molecule has 0 spiro atoms. The minimum atomic E-state index is -0.0929. The normalized spacial score (nSPS) is 14.8. The minimum absolute atomic E-state index is 0.0929. The SMILES string of the molecule is NCCCN(CCCN)c1nc(NCc2ccccc2)nc(N2CC(Cc3ccccc3)N(c3nc(NCc4ccccc4)nc(N(CCCN)CCCN)n3)CC2Cc2ccccc2)n1. The molecule has 1 aliphatic heterocycles. The monoisotopic (exact) mass is 893 g/mol. The second kappa shape index (κ2) is 25.3. The molecule has 0 bridgehead atoms. The van der Waals surface area contributed by atoms with Crippen LogP contribution in [0.4, 0.5) is 35.7 Å². The molecule has 16 heteroatoms. The zero-order valence-corrected chi connectivity index (χ0v) is 38.2. The molecule has 4 aromatic carbocycles. The van der Waals surface area contributed by atoms with Gasteiger partial charge in [-0.25, -0.2) is 0 Å². The number of anilines is 6. The molecule has 2 aromatic heterocycles. The van der Waals surface area contributed by atoms with Crippen LogP contribution in [0.5, 0.6) is 0 Å². The van der Waals surface area contributed by atoms with Crippen LogP contribution in [0, 0.1) is 0 Å². The first kappa shape index (κ1) is 47.5. The van der Waals surface area contributed by atoms with E-state index in [0.29, 0.717) is 114 Å². The van der Waals surface area contributed by atoms with Gasteiger partial charge >= 0.3 is 0 Å². The lowest BCUT2D eigenvalue weighted by molar-refractivity contribution is 0.427. The van der Waals surface area contributed by atoms with Crippen molar-refractivity contribution in [3.8, 4) is 0 Å². The Morgan fingerprint density at radius 2 is 0.742 bits per heavy atom. The molecule has 1 saturated heterocycles. The second-order valence-electron chi connectivity index (χ2n) is 16.7. The fourth-order valence-corrected chi connectivity index (χ4v) is 8.27. The fourth-order valence-electron chi connectivity index (χ4n) is 8.27. The molecule has 6 aromatic rings. The Labute approximate surface area is 390 Å². The lowest BCUT2D eigenvalue weighted by Gasteiger charge is -2.47. The van der Waals surface area contributed by atoms with Crippen LogP contribution in [0.1, 0.15) is 47.9 Å². The van der Waals surface area contributed by atoms with E-state index in [1.54, 1.807) is 0 Å². The average Bonchev–Trinajstić information content (AvgIpc) is 3.36. The Morgan fingerprint density at radius 1 is 0.424 bits per heavy atom. The molecule has 0 radical (unpaired) electrons. The van der Waals surface area contributed by atoms with E-state index in [-0.39, 0.29) is 12.1 Å². The van der Waals surface area contributed by atoms with Crippen molar-refractivity contribution in [2.75, 3.05) is 95.7 Å². The molecule has 66 heavy (non-hydrogen) atoms. The standard InChI is InChI=1S/C50H68N16/c51-25-13-29-63(30-14-26-52)47-57-45(55-35-41-21-9-3-10-22-41)59-49(61-47)65-38-44(34-40-19-7-2-8-20-40)66(37-43(65)33-39-17-5-1-6-18-39)50-60-46(56-36-42-23-11-4-12-24-42)58-48(62-50)64(31-15-27-53)32-16-28-54/h1-12,17-24,43-44H,13-16,25-38,51-54H2,(H,55,57,59,61)(H,56,58,60,62). The van der Waals surface area contributed by atoms with Gasteiger partial charge < -0.3 is 53.2 Å². The van der Waals surface area contributed by atoms with Gasteiger partial charge in [-0.15, -0.1) is 0 Å². The van der Waals surface area contributed by atoms with E-state index >= 15 is 0 Å². The highest BCUT2D eigenvalue weighted by Crippen LogP contribution is 2.31. The molecule has 2 atom stereocenters. The molecule has 10 N–H and O–H groups in total. The largest absolute Gasteiger partial charge is 0.350 e. The van der Waals surface area contributed by atoms with Crippen molar-refractivity contribution < 1.29 is 0 Å². The lowest BCUT2D eigenvalue weighted by atomic mass is 9.96. The Balaban J connectivity index is 1.34. The van der Waals surface area contributed by atoms with Gasteiger partial charge in [-0.2, -0.15) is 29.9 Å². The number of nitrogens with zero attached hydrogens (tertiary/aromatic N) is 10. The fraction of sp³-hybridized carbons (Fsp3) is 0.400. The molecule has 7 rings (SSSR count). The maximum absolute atomic E-state index is 6.06. The highest BCUT2D eigenvalue weighted by Gasteiger charge is 2.38. The maximum atomic E-state index is 6.06. The molecule has 2 unspecified atom stereocenters. The van der Waals surface area contributed by atoms with Gasteiger partial charge in [0.1, 0.15) is 0 Å². The number of aromatic nitrogens is 6. The summed E-state index contributed by atoms with van der Waals surface area (Å²) in [6, 6.07) is 41.6. The first-order valence-corrected chi connectivity index (χ1v) is 23.5. The Kier molecular flexibility index (Phi) is 18.2. The van der Waals surface area contributed by atoms with E-state index in [1.807, 2.05) is 36.4 Å². The zero-order chi connectivity index (χ0) is 45.8. The third-order valence-corrected chi connectivity index (χ3v) is 11.7. The Bertz CT molecular complexity index is 2110. The van der Waals surface area contributed by atoms with Gasteiger partial charge in [-0.3, -0.25) is 0 Å². The number of nitrogens with two attached hydrogens (primary N) is 4. The Hall–Kier alpha value is -6.46. The average molecular weight is 893 g/mol. The third-order valence-electron chi connectivity index (χ3n) is 11.7. The van der Waals surface area contributed by atoms with Crippen molar-refractivity contribution in [1.82, 2.24) is 29.9 Å². The molecule has 1 fully saturated rings. The van der Waals surface area contributed by atoms with Crippen molar-refractivity contribution in [2.45, 2.75) is 63.7 Å². The van der Waals surface area contributed by atoms with Crippen molar-refractivity contribution in [3.05, 3.63) is 144 Å². The summed E-state index contributed by atoms with van der Waals surface area (Å²) in [5.74, 6) is 3.44. The van der Waals surface area contributed by atoms with Crippen molar-refractivity contribution in [1.29, 1.82) is 0 Å². The van der Waals surface area contributed by atoms with Crippen LogP contribution >= 0.6 is 0 Å². The maximum Gasteiger partial charge on any atom is 0.232 e. The van der Waals surface area contributed by atoms with Crippen molar-refractivity contribution in [3.63, 3.8) is 0 Å². The van der Waals surface area contributed by atoms with Crippen LogP contribution in [-0.4, -0.2) is 107 Å². The highest BCUT2D eigenvalue weighted by molar-refractivity contribution is 5.52. The molecule has 1 aliphatic rings. The summed E-state index contributed by atoms with van der Waals surface area (Å²) in [6.07, 6.45) is 4.61. The number of benzene rings is 4. The first-order valence-electron chi connectivity index (χ1n) is 23.5. The summed E-state index contributed by atoms with van der Waals surface area (Å²) in [5, 5.41) is 7.09. The van der Waals surface area contributed by atoms with Crippen LogP contribution in [-0.2, 0) is 25.9 Å². The van der Waals surface area contributed by atoms with Crippen LogP contribution in [0.15, 0.2) is 121 Å². The quantitative estimate of drug-likeness (QED) is 0.0429. The molecule has 0 aliphatic carbocycles. The number of rotatable bonds is 26. The lowest BCUT2D eigenvalue weighted by Crippen LogP contribution is -2.61. The van der Waals surface area contributed by atoms with E-state index in [9.17, 15) is 0 Å². The predicted octanol–water partition coefficient (Wildman–Crippen LogP) is 4.84. The van der Waals surface area contributed by atoms with E-state index in [1.165, 1.54) is 11.1 Å². The second-order valence-corrected chi connectivity index (χ2v) is 16.7. The highest BCUT2D eigenvalue weighted by atomic mass is 15.4. The van der Waals surface area contributed by atoms with Crippen molar-refractivity contribution in [2.24, 2.45) is 22.9 Å². The van der Waals surface area contributed by atoms with Gasteiger partial charge in [0.05, 0.1) is 12.1 Å². The summed E-state index contributed by atoms with van der Waals surface area (Å²) in [7, 11) is 0. The number of hydrogen-bond donors (Lipinski definition) is 6. The van der Waals surface area contributed by atoms with E-state index in [4.69, 9.17) is 52.8 Å². The Morgan fingerprint density at radius 3 is 1.06 bits per heavy atom. The molecule has 348 valence electrons.